The summed E-state index contributed by atoms with van der Waals surface area (Å²) in [4.78, 5) is 10.9. The molecule has 31 heavy (non-hydrogen) atoms. The van der Waals surface area contributed by atoms with Crippen molar-refractivity contribution < 1.29 is 23.3 Å². The van der Waals surface area contributed by atoms with Crippen LogP contribution in [0.1, 0.15) is 6.42 Å². The van der Waals surface area contributed by atoms with Gasteiger partial charge in [-0.2, -0.15) is 0 Å². The number of morpholine rings is 1. The summed E-state index contributed by atoms with van der Waals surface area (Å²) in [6.07, 6.45) is 2.29. The Morgan fingerprint density at radius 2 is 1.97 bits per heavy atom. The predicted molar refractivity (Wildman–Crippen MR) is 115 cm³/mol. The molecule has 7 nitrogen and oxygen atoms in total. The first-order valence-corrected chi connectivity index (χ1v) is 10.4. The number of nitrogens with zero attached hydrogens (tertiary/aromatic N) is 3. The van der Waals surface area contributed by atoms with Gasteiger partial charge in [0, 0.05) is 31.8 Å². The van der Waals surface area contributed by atoms with Gasteiger partial charge in [0.05, 0.1) is 37.5 Å². The van der Waals surface area contributed by atoms with E-state index >= 15 is 0 Å². The van der Waals surface area contributed by atoms with Crippen LogP contribution in [0.5, 0.6) is 23.1 Å². The van der Waals surface area contributed by atoms with Crippen LogP contribution < -0.4 is 14.2 Å². The van der Waals surface area contributed by atoms with Gasteiger partial charge in [-0.15, -0.1) is 0 Å². The first-order chi connectivity index (χ1) is 15.1. The summed E-state index contributed by atoms with van der Waals surface area (Å²) in [7, 11) is 1.55. The molecule has 4 rings (SSSR count). The molecule has 1 aliphatic rings. The minimum absolute atomic E-state index is 0.144. The largest absolute Gasteiger partial charge is 0.496 e. The minimum Gasteiger partial charge on any atom is -0.496 e. The monoisotopic (exact) mass is 447 g/mol. The lowest BCUT2D eigenvalue weighted by Crippen LogP contribution is -2.37. The molecular formula is C22H23ClFN3O4. The Labute approximate surface area is 184 Å². The van der Waals surface area contributed by atoms with Crippen LogP contribution in [0.25, 0.3) is 10.9 Å². The normalized spacial score (nSPS) is 14.5. The third-order valence-electron chi connectivity index (χ3n) is 4.95. The van der Waals surface area contributed by atoms with Crippen LogP contribution in [0.15, 0.2) is 36.7 Å². The number of halogens is 2. The molecule has 2 aromatic carbocycles. The average molecular weight is 448 g/mol. The van der Waals surface area contributed by atoms with E-state index < -0.39 is 5.82 Å². The summed E-state index contributed by atoms with van der Waals surface area (Å²) in [6.45, 7) is 5.04. The molecule has 0 atom stereocenters. The van der Waals surface area contributed by atoms with E-state index in [1.165, 1.54) is 24.5 Å². The zero-order valence-electron chi connectivity index (χ0n) is 17.1. The Morgan fingerprint density at radius 1 is 1.13 bits per heavy atom. The molecule has 1 aliphatic heterocycles. The van der Waals surface area contributed by atoms with E-state index in [2.05, 4.69) is 14.9 Å². The number of hydrogen-bond donors (Lipinski definition) is 0. The van der Waals surface area contributed by atoms with Crippen molar-refractivity contribution in [2.24, 2.45) is 0 Å². The lowest BCUT2D eigenvalue weighted by Gasteiger charge is -2.26. The second-order valence-electron chi connectivity index (χ2n) is 7.03. The molecule has 0 N–H and O–H groups in total. The predicted octanol–water partition coefficient (Wildman–Crippen LogP) is 4.32. The van der Waals surface area contributed by atoms with Crippen molar-refractivity contribution in [2.75, 3.05) is 46.6 Å². The summed E-state index contributed by atoms with van der Waals surface area (Å²) in [6, 6.07) is 7.49. The van der Waals surface area contributed by atoms with Crippen LogP contribution in [0.2, 0.25) is 5.02 Å². The van der Waals surface area contributed by atoms with E-state index in [0.717, 1.165) is 39.3 Å². The van der Waals surface area contributed by atoms with Gasteiger partial charge in [-0.3, -0.25) is 4.90 Å². The van der Waals surface area contributed by atoms with Gasteiger partial charge < -0.3 is 18.9 Å². The quantitative estimate of drug-likeness (QED) is 0.476. The summed E-state index contributed by atoms with van der Waals surface area (Å²) in [5, 5.41) is 0.719. The molecule has 0 unspecified atom stereocenters. The molecule has 2 heterocycles. The molecule has 3 aromatic rings. The number of fused-ring (bicyclic) bond motifs is 1. The summed E-state index contributed by atoms with van der Waals surface area (Å²) in [5.41, 5.74) is 0.603. The molecule has 9 heteroatoms. The van der Waals surface area contributed by atoms with Crippen LogP contribution in [0.4, 0.5) is 4.39 Å². The van der Waals surface area contributed by atoms with Gasteiger partial charge in [-0.25, -0.2) is 14.4 Å². The molecule has 0 amide bonds. The van der Waals surface area contributed by atoms with Crippen LogP contribution in [-0.4, -0.2) is 61.4 Å². The first kappa shape index (κ1) is 21.5. The number of hydrogen-bond acceptors (Lipinski definition) is 7. The van der Waals surface area contributed by atoms with Crippen LogP contribution in [0.3, 0.4) is 0 Å². The van der Waals surface area contributed by atoms with Crippen LogP contribution in [-0.2, 0) is 4.74 Å². The Bertz CT molecular complexity index is 1050. The third-order valence-corrected chi connectivity index (χ3v) is 5.25. The van der Waals surface area contributed by atoms with Crippen molar-refractivity contribution in [3.8, 4) is 23.1 Å². The maximum absolute atomic E-state index is 13.3. The van der Waals surface area contributed by atoms with E-state index in [0.29, 0.717) is 29.0 Å². The van der Waals surface area contributed by atoms with E-state index in [1.54, 1.807) is 13.2 Å². The molecule has 0 radical (unpaired) electrons. The SMILES string of the molecule is COc1cc(OCCCN2CCOCC2)cc2ncnc(Oc3ccc(F)cc3Cl)c12. The third kappa shape index (κ3) is 5.33. The van der Waals surface area contributed by atoms with E-state index in [1.807, 2.05) is 6.07 Å². The second-order valence-corrected chi connectivity index (χ2v) is 7.44. The second kappa shape index (κ2) is 10.1. The fourth-order valence-corrected chi connectivity index (χ4v) is 3.59. The highest BCUT2D eigenvalue weighted by Gasteiger charge is 2.16. The van der Waals surface area contributed by atoms with Crippen molar-refractivity contribution in [3.63, 3.8) is 0 Å². The highest BCUT2D eigenvalue weighted by Crippen LogP contribution is 2.38. The van der Waals surface area contributed by atoms with Gasteiger partial charge in [0.15, 0.2) is 0 Å². The molecule has 1 aromatic heterocycles. The van der Waals surface area contributed by atoms with E-state index in [9.17, 15) is 4.39 Å². The molecule has 0 bridgehead atoms. The molecule has 1 saturated heterocycles. The maximum Gasteiger partial charge on any atom is 0.234 e. The number of benzene rings is 2. The number of methoxy groups -OCH3 is 1. The van der Waals surface area contributed by atoms with Crippen LogP contribution >= 0.6 is 11.6 Å². The standard InChI is InChI=1S/C22H23ClFN3O4/c1-28-20-13-16(30-8-2-5-27-6-9-29-10-7-27)12-18-21(20)22(26-14-25-18)31-19-4-3-15(24)11-17(19)23/h3-4,11-14H,2,5-10H2,1H3. The Kier molecular flexibility index (Phi) is 7.01. The smallest absolute Gasteiger partial charge is 0.234 e. The van der Waals surface area contributed by atoms with Crippen LogP contribution in [0, 0.1) is 5.82 Å². The van der Waals surface area contributed by atoms with Crippen molar-refractivity contribution in [1.82, 2.24) is 14.9 Å². The van der Waals surface area contributed by atoms with Crippen molar-refractivity contribution in [2.45, 2.75) is 6.42 Å². The van der Waals surface area contributed by atoms with Gasteiger partial charge in [-0.05, 0) is 24.6 Å². The molecular weight excluding hydrogens is 425 g/mol. The summed E-state index contributed by atoms with van der Waals surface area (Å²) < 4.78 is 36.0. The molecule has 0 aliphatic carbocycles. The van der Waals surface area contributed by atoms with Gasteiger partial charge in [-0.1, -0.05) is 11.6 Å². The number of aromatic nitrogens is 2. The molecule has 164 valence electrons. The lowest BCUT2D eigenvalue weighted by molar-refractivity contribution is 0.0358. The van der Waals surface area contributed by atoms with Crippen molar-refractivity contribution in [1.29, 1.82) is 0 Å². The molecule has 0 spiro atoms. The zero-order chi connectivity index (χ0) is 21.6. The van der Waals surface area contributed by atoms with Crippen molar-refractivity contribution in [3.05, 3.63) is 47.5 Å². The lowest BCUT2D eigenvalue weighted by atomic mass is 10.2. The Hall–Kier alpha value is -2.68. The van der Waals surface area contributed by atoms with Gasteiger partial charge >= 0.3 is 0 Å². The van der Waals surface area contributed by atoms with E-state index in [-0.39, 0.29) is 16.7 Å². The topological polar surface area (TPSA) is 65.9 Å². The number of rotatable bonds is 8. The maximum atomic E-state index is 13.3. The number of ether oxygens (including phenoxy) is 4. The van der Waals surface area contributed by atoms with Crippen molar-refractivity contribution >= 4 is 22.5 Å². The van der Waals surface area contributed by atoms with Gasteiger partial charge in [0.25, 0.3) is 0 Å². The van der Waals surface area contributed by atoms with Gasteiger partial charge in [0.2, 0.25) is 5.88 Å². The fraction of sp³-hybridized carbons (Fsp3) is 0.364. The van der Waals surface area contributed by atoms with Gasteiger partial charge in [0.1, 0.15) is 34.8 Å². The summed E-state index contributed by atoms with van der Waals surface area (Å²) in [5.74, 6) is 1.26. The first-order valence-electron chi connectivity index (χ1n) is 10.0. The minimum atomic E-state index is -0.446. The fourth-order valence-electron chi connectivity index (χ4n) is 3.39. The molecule has 1 fully saturated rings. The Morgan fingerprint density at radius 3 is 2.74 bits per heavy atom. The van der Waals surface area contributed by atoms with E-state index in [4.69, 9.17) is 30.5 Å². The highest BCUT2D eigenvalue weighted by molar-refractivity contribution is 6.32. The summed E-state index contributed by atoms with van der Waals surface area (Å²) >= 11 is 6.09. The average Bonchev–Trinajstić information content (AvgIpc) is 2.79. The zero-order valence-corrected chi connectivity index (χ0v) is 17.9. The molecule has 0 saturated carbocycles. The Balaban J connectivity index is 1.50. The highest BCUT2D eigenvalue weighted by atomic mass is 35.5.